The van der Waals surface area contributed by atoms with Gasteiger partial charge in [-0.15, -0.1) is 0 Å². The molecule has 0 aromatic rings. The van der Waals surface area contributed by atoms with E-state index >= 15 is 0 Å². The van der Waals surface area contributed by atoms with Crippen LogP contribution in [0.3, 0.4) is 0 Å². The molecule has 0 aromatic heterocycles. The maximum atomic E-state index is 11.8. The molecule has 4 aliphatic heterocycles. The summed E-state index contributed by atoms with van der Waals surface area (Å²) in [5.41, 5.74) is -0.325. The van der Waals surface area contributed by atoms with Gasteiger partial charge in [0.2, 0.25) is 0 Å². The summed E-state index contributed by atoms with van der Waals surface area (Å²) in [5, 5.41) is 96.2. The molecule has 0 bridgehead atoms. The normalized spacial score (nSPS) is 56.1. The van der Waals surface area contributed by atoms with Crippen molar-refractivity contribution in [2.75, 3.05) is 26.4 Å². The van der Waals surface area contributed by atoms with E-state index in [0.29, 0.717) is 19.4 Å². The third-order valence-corrected chi connectivity index (χ3v) is 14.6. The highest BCUT2D eigenvalue weighted by atomic mass is 16.7. The summed E-state index contributed by atoms with van der Waals surface area (Å²) in [6.07, 6.45) is -7.24. The van der Waals surface area contributed by atoms with Crippen LogP contribution in [0, 0.1) is 40.4 Å². The Labute approximate surface area is 310 Å². The summed E-state index contributed by atoms with van der Waals surface area (Å²) < 4.78 is 35.8. The molecule has 304 valence electrons. The van der Waals surface area contributed by atoms with Gasteiger partial charge in [-0.2, -0.15) is 0 Å². The molecule has 1 spiro atoms. The van der Waals surface area contributed by atoms with Gasteiger partial charge in [0.15, 0.2) is 18.4 Å². The molecule has 3 saturated heterocycles. The number of hydrogen-bond acceptors (Lipinski definition) is 15. The average Bonchev–Trinajstić information content (AvgIpc) is 3.13. The minimum absolute atomic E-state index is 0.0401. The minimum Gasteiger partial charge on any atom is -0.394 e. The van der Waals surface area contributed by atoms with Crippen LogP contribution in [-0.2, 0) is 28.4 Å². The summed E-state index contributed by atoms with van der Waals surface area (Å²) >= 11 is 0. The van der Waals surface area contributed by atoms with E-state index < -0.39 is 98.7 Å². The fourth-order valence-corrected chi connectivity index (χ4v) is 11.8. The van der Waals surface area contributed by atoms with Crippen molar-refractivity contribution in [2.45, 2.75) is 158 Å². The Balaban J connectivity index is 1.01. The molecule has 6 fully saturated rings. The highest BCUT2D eigenvalue weighted by Gasteiger charge is 2.62. The molecule has 3 saturated carbocycles. The number of fused-ring (bicyclic) bond motifs is 5. The Bertz CT molecular complexity index is 1290. The second kappa shape index (κ2) is 15.5. The smallest absolute Gasteiger partial charge is 0.190 e. The maximum Gasteiger partial charge on any atom is 0.190 e. The third-order valence-electron chi connectivity index (χ3n) is 14.6. The fraction of sp³-hybridized carbons (Fsp3) is 0.947. The van der Waals surface area contributed by atoms with Crippen molar-refractivity contribution < 1.29 is 74.4 Å². The van der Waals surface area contributed by atoms with Gasteiger partial charge in [0, 0.05) is 5.92 Å². The third kappa shape index (κ3) is 7.07. The molecular formula is C38H62O15. The minimum atomic E-state index is -1.77. The molecule has 15 nitrogen and oxygen atoms in total. The summed E-state index contributed by atoms with van der Waals surface area (Å²) in [4.78, 5) is 0. The molecule has 0 radical (unpaired) electrons. The van der Waals surface area contributed by atoms with Gasteiger partial charge in [-0.05, 0) is 91.9 Å². The van der Waals surface area contributed by atoms with Crippen LogP contribution in [0.2, 0.25) is 0 Å². The predicted octanol–water partition coefficient (Wildman–Crippen LogP) is -0.694. The average molecular weight is 759 g/mol. The second-order valence-corrected chi connectivity index (χ2v) is 17.7. The van der Waals surface area contributed by atoms with Gasteiger partial charge in [0.1, 0.15) is 48.8 Å². The fourth-order valence-electron chi connectivity index (χ4n) is 11.8. The van der Waals surface area contributed by atoms with Gasteiger partial charge >= 0.3 is 0 Å². The first-order valence-electron chi connectivity index (χ1n) is 19.7. The van der Waals surface area contributed by atoms with Crippen LogP contribution in [-0.4, -0.2) is 158 Å². The van der Waals surface area contributed by atoms with Crippen LogP contribution >= 0.6 is 0 Å². The molecule has 0 amide bonds. The number of hydrogen-bond donors (Lipinski definition) is 9. The molecule has 0 aromatic carbocycles. The summed E-state index contributed by atoms with van der Waals surface area (Å²) in [6, 6.07) is 0. The Hall–Kier alpha value is -0.860. The Morgan fingerprint density at radius 1 is 0.755 bits per heavy atom. The van der Waals surface area contributed by atoms with Gasteiger partial charge in [0.05, 0.1) is 44.7 Å². The lowest BCUT2D eigenvalue weighted by molar-refractivity contribution is -0.366. The first-order valence-corrected chi connectivity index (χ1v) is 19.7. The van der Waals surface area contributed by atoms with Gasteiger partial charge in [-0.3, -0.25) is 0 Å². The standard InChI is InChI=1S/C38H62O15/c1-18-13-36(2)10-8-21-20(27(36)23(42)17-49-38(18)9-4-5-11-48-38)7-6-19-12-24(22(41)14-37(19,21)3)50-34-32(47)30(45)33(26(16-40)52-34)53-35-31(46)29(44)28(43)25(15-39)51-35/h4,9,18-35,39-47H,5-8,10-17H2,1-3H3/t18-,19+,20-,21+,22-,23-,24-,25-,26-,27-,28-,29+,30-,31-,32-,33-,34-,35+,36-,37+,38-/m0/s1. The van der Waals surface area contributed by atoms with E-state index in [9.17, 15) is 46.0 Å². The summed E-state index contributed by atoms with van der Waals surface area (Å²) in [5.74, 6) is 0.0692. The Morgan fingerprint density at radius 2 is 1.45 bits per heavy atom. The highest BCUT2D eigenvalue weighted by molar-refractivity contribution is 5.12. The quantitative estimate of drug-likeness (QED) is 0.120. The van der Waals surface area contributed by atoms with E-state index in [1.165, 1.54) is 0 Å². The van der Waals surface area contributed by atoms with E-state index in [1.807, 2.05) is 6.08 Å². The van der Waals surface area contributed by atoms with Crippen LogP contribution in [0.15, 0.2) is 12.2 Å². The van der Waals surface area contributed by atoms with E-state index in [1.54, 1.807) is 0 Å². The predicted molar refractivity (Wildman–Crippen MR) is 183 cm³/mol. The Morgan fingerprint density at radius 3 is 2.15 bits per heavy atom. The lowest BCUT2D eigenvalue weighted by Crippen LogP contribution is -2.65. The number of ether oxygens (including phenoxy) is 6. The summed E-state index contributed by atoms with van der Waals surface area (Å²) in [6.45, 7) is 6.23. The highest BCUT2D eigenvalue weighted by Crippen LogP contribution is 2.65. The molecule has 9 N–H and O–H groups in total. The topological polar surface area (TPSA) is 237 Å². The van der Waals surface area contributed by atoms with Gasteiger partial charge in [0.25, 0.3) is 0 Å². The van der Waals surface area contributed by atoms with E-state index in [4.69, 9.17) is 28.4 Å². The van der Waals surface area contributed by atoms with Crippen LogP contribution in [0.1, 0.15) is 72.1 Å². The van der Waals surface area contributed by atoms with Gasteiger partial charge < -0.3 is 74.4 Å². The van der Waals surface area contributed by atoms with Crippen molar-refractivity contribution in [2.24, 2.45) is 40.4 Å². The zero-order valence-electron chi connectivity index (χ0n) is 31.0. The molecule has 53 heavy (non-hydrogen) atoms. The van der Waals surface area contributed by atoms with Crippen LogP contribution < -0.4 is 0 Å². The van der Waals surface area contributed by atoms with Crippen molar-refractivity contribution >= 4 is 0 Å². The van der Waals surface area contributed by atoms with Crippen molar-refractivity contribution in [1.29, 1.82) is 0 Å². The molecule has 0 unspecified atom stereocenters. The monoisotopic (exact) mass is 758 g/mol. The van der Waals surface area contributed by atoms with E-state index in [-0.39, 0.29) is 47.0 Å². The maximum absolute atomic E-state index is 11.8. The van der Waals surface area contributed by atoms with Gasteiger partial charge in [-0.1, -0.05) is 26.8 Å². The number of aliphatic hydroxyl groups is 9. The number of rotatable bonds is 6. The largest absolute Gasteiger partial charge is 0.394 e. The molecule has 15 heteroatoms. The van der Waals surface area contributed by atoms with Crippen molar-refractivity contribution in [3.8, 4) is 0 Å². The zero-order chi connectivity index (χ0) is 38.0. The van der Waals surface area contributed by atoms with Gasteiger partial charge in [-0.25, -0.2) is 0 Å². The molecule has 7 rings (SSSR count). The molecule has 21 atom stereocenters. The van der Waals surface area contributed by atoms with E-state index in [2.05, 4.69) is 26.8 Å². The van der Waals surface area contributed by atoms with Crippen molar-refractivity contribution in [1.82, 2.24) is 0 Å². The second-order valence-electron chi connectivity index (χ2n) is 17.7. The van der Waals surface area contributed by atoms with E-state index in [0.717, 1.165) is 38.5 Å². The Kier molecular flexibility index (Phi) is 11.8. The van der Waals surface area contributed by atoms with Crippen LogP contribution in [0.5, 0.6) is 0 Å². The molecular weight excluding hydrogens is 696 g/mol. The lowest BCUT2D eigenvalue weighted by atomic mass is 9.43. The zero-order valence-corrected chi connectivity index (χ0v) is 31.0. The van der Waals surface area contributed by atoms with Crippen molar-refractivity contribution in [3.05, 3.63) is 12.2 Å². The SMILES string of the molecule is C[C@H]1C[C@]2(C)CC[C@@H]3[C@H](CC[C@@H]4C[C@H](O[C@H]5O[C@@H](CO)[C@H](O[C@H]6O[C@@H](CO)[C@H](O)[C@@H](O)[C@@H]6O)[C@@H](O)[C@@H]5O)[C@@H](O)C[C@]43C)[C@H]2[C@@H](O)CO[C@@]12C=CCCO2. The van der Waals surface area contributed by atoms with Crippen molar-refractivity contribution in [3.63, 3.8) is 0 Å². The van der Waals surface area contributed by atoms with Crippen LogP contribution in [0.25, 0.3) is 0 Å². The molecule has 3 aliphatic carbocycles. The number of aliphatic hydroxyl groups excluding tert-OH is 9. The molecule has 7 aliphatic rings. The molecule has 4 heterocycles. The first-order chi connectivity index (χ1) is 25.2. The first kappa shape index (κ1) is 40.3. The lowest BCUT2D eigenvalue weighted by Gasteiger charge is -2.64. The van der Waals surface area contributed by atoms with Crippen LogP contribution in [0.4, 0.5) is 0 Å². The summed E-state index contributed by atoms with van der Waals surface area (Å²) in [7, 11) is 0.